The van der Waals surface area contributed by atoms with Gasteiger partial charge in [-0.05, 0) is 41.9 Å². The molecule has 0 bridgehead atoms. The molecule has 5 aromatic rings. The predicted molar refractivity (Wildman–Crippen MR) is 126 cm³/mol. The Labute approximate surface area is 199 Å². The van der Waals surface area contributed by atoms with Crippen LogP contribution in [-0.2, 0) is 13.7 Å². The van der Waals surface area contributed by atoms with E-state index >= 15 is 0 Å². The minimum Gasteiger partial charge on any atom is -0.488 e. The van der Waals surface area contributed by atoms with Gasteiger partial charge in [0.25, 0.3) is 5.56 Å². The van der Waals surface area contributed by atoms with E-state index < -0.39 is 11.6 Å². The Kier molecular flexibility index (Phi) is 5.54. The van der Waals surface area contributed by atoms with Gasteiger partial charge in [0.1, 0.15) is 28.1 Å². The van der Waals surface area contributed by atoms with Crippen molar-refractivity contribution in [3.05, 3.63) is 95.1 Å². The van der Waals surface area contributed by atoms with Crippen LogP contribution in [0, 0.1) is 21.5 Å². The monoisotopic (exact) mass is 499 g/mol. The summed E-state index contributed by atoms with van der Waals surface area (Å²) in [6.45, 7) is 3.49. The van der Waals surface area contributed by atoms with E-state index in [9.17, 15) is 13.6 Å². The number of H-pyrrole nitrogens is 2. The molecule has 0 saturated heterocycles. The number of fused-ring (bicyclic) bond motifs is 1. The molecule has 2 aromatic carbocycles. The number of rotatable bonds is 4. The van der Waals surface area contributed by atoms with E-state index in [1.165, 1.54) is 0 Å². The third-order valence-corrected chi connectivity index (χ3v) is 6.49. The van der Waals surface area contributed by atoms with Crippen LogP contribution in [0.15, 0.2) is 41.3 Å². The topological polar surface area (TPSA) is 88.6 Å². The summed E-state index contributed by atoms with van der Waals surface area (Å²) in [7, 11) is 1.85. The quantitative estimate of drug-likeness (QED) is 0.372. The Bertz CT molecular complexity index is 1820. The van der Waals surface area contributed by atoms with Crippen molar-refractivity contribution in [1.82, 2.24) is 24.4 Å². The summed E-state index contributed by atoms with van der Waals surface area (Å²) in [6.07, 6.45) is 3.55. The van der Waals surface area contributed by atoms with Crippen LogP contribution >= 0.6 is 23.1 Å². The van der Waals surface area contributed by atoms with Crippen molar-refractivity contribution in [3.63, 3.8) is 0 Å². The molecule has 0 saturated carbocycles. The molecule has 0 fully saturated rings. The van der Waals surface area contributed by atoms with Gasteiger partial charge in [0.05, 0.1) is 26.7 Å². The number of nitrogens with zero attached hydrogens (tertiary/aromatic N) is 3. The number of aromatic nitrogens is 5. The van der Waals surface area contributed by atoms with Crippen molar-refractivity contribution >= 4 is 46.7 Å². The fourth-order valence-corrected chi connectivity index (χ4v) is 4.56. The molecule has 11 heteroatoms. The SMILES string of the molecule is C=c1nns/c1=c1\[nH][nH]c(=O)\c1=C/c1cn(C)c2cccc(OCc3c(F)ccc(Cl)c3F)c12. The minimum atomic E-state index is -0.862. The van der Waals surface area contributed by atoms with Crippen LogP contribution in [0.2, 0.25) is 5.02 Å². The molecule has 172 valence electrons. The summed E-state index contributed by atoms with van der Waals surface area (Å²) in [4.78, 5) is 12.6. The van der Waals surface area contributed by atoms with E-state index in [0.717, 1.165) is 29.2 Å². The van der Waals surface area contributed by atoms with Crippen molar-refractivity contribution < 1.29 is 13.5 Å². The first-order chi connectivity index (χ1) is 16.3. The van der Waals surface area contributed by atoms with Gasteiger partial charge in [0, 0.05) is 24.2 Å². The van der Waals surface area contributed by atoms with Crippen LogP contribution in [0.3, 0.4) is 0 Å². The van der Waals surface area contributed by atoms with Gasteiger partial charge in [0.15, 0.2) is 5.82 Å². The molecular weight excluding hydrogens is 484 g/mol. The van der Waals surface area contributed by atoms with Crippen molar-refractivity contribution in [1.29, 1.82) is 0 Å². The second-order valence-electron chi connectivity index (χ2n) is 7.52. The van der Waals surface area contributed by atoms with E-state index in [4.69, 9.17) is 16.3 Å². The van der Waals surface area contributed by atoms with Crippen molar-refractivity contribution in [2.45, 2.75) is 6.61 Å². The molecule has 0 radical (unpaired) electrons. The number of aromatic amines is 2. The number of halogens is 3. The Morgan fingerprint density at radius 2 is 2.09 bits per heavy atom. The molecule has 0 amide bonds. The van der Waals surface area contributed by atoms with Gasteiger partial charge in [-0.15, -0.1) is 5.10 Å². The molecule has 0 spiro atoms. The van der Waals surface area contributed by atoms with Crippen molar-refractivity contribution in [2.75, 3.05) is 0 Å². The van der Waals surface area contributed by atoms with E-state index in [-0.39, 0.29) is 22.8 Å². The second-order valence-corrected chi connectivity index (χ2v) is 8.68. The fraction of sp³-hybridized carbons (Fsp3) is 0.0870. The van der Waals surface area contributed by atoms with Crippen LogP contribution in [0.1, 0.15) is 11.1 Å². The third kappa shape index (κ3) is 3.70. The number of ether oxygens (including phenoxy) is 1. The van der Waals surface area contributed by atoms with Crippen LogP contribution in [0.25, 0.3) is 23.6 Å². The number of hydrogen-bond acceptors (Lipinski definition) is 5. The Hall–Kier alpha value is -3.76. The highest BCUT2D eigenvalue weighted by Gasteiger charge is 2.16. The van der Waals surface area contributed by atoms with Gasteiger partial charge < -0.3 is 9.30 Å². The molecule has 0 aliphatic carbocycles. The summed E-state index contributed by atoms with van der Waals surface area (Å²) >= 11 is 6.92. The average Bonchev–Trinajstić information content (AvgIpc) is 3.49. The van der Waals surface area contributed by atoms with Gasteiger partial charge >= 0.3 is 0 Å². The molecule has 3 heterocycles. The number of aryl methyl sites for hydroxylation is 1. The van der Waals surface area contributed by atoms with E-state index in [1.54, 1.807) is 18.2 Å². The molecule has 0 unspecified atom stereocenters. The summed E-state index contributed by atoms with van der Waals surface area (Å²) < 4.78 is 40.8. The van der Waals surface area contributed by atoms with Crippen molar-refractivity contribution in [3.8, 4) is 5.75 Å². The molecule has 0 atom stereocenters. The number of benzene rings is 2. The molecule has 0 aliphatic rings. The Balaban J connectivity index is 1.69. The summed E-state index contributed by atoms with van der Waals surface area (Å²) in [5.74, 6) is -1.21. The highest BCUT2D eigenvalue weighted by atomic mass is 35.5. The molecule has 0 aliphatic heterocycles. The lowest BCUT2D eigenvalue weighted by molar-refractivity contribution is 0.296. The van der Waals surface area contributed by atoms with Crippen LogP contribution in [0.5, 0.6) is 5.75 Å². The summed E-state index contributed by atoms with van der Waals surface area (Å²) in [5, 5.41) is 11.2. The number of nitrogens with one attached hydrogen (secondary N) is 2. The second kappa shape index (κ2) is 8.54. The first-order valence-corrected chi connectivity index (χ1v) is 11.1. The highest BCUT2D eigenvalue weighted by molar-refractivity contribution is 7.03. The Morgan fingerprint density at radius 3 is 2.85 bits per heavy atom. The lowest BCUT2D eigenvalue weighted by atomic mass is 10.1. The van der Waals surface area contributed by atoms with E-state index in [2.05, 4.69) is 26.4 Å². The molecule has 34 heavy (non-hydrogen) atoms. The van der Waals surface area contributed by atoms with Gasteiger partial charge in [-0.2, -0.15) is 0 Å². The maximum absolute atomic E-state index is 14.4. The zero-order valence-corrected chi connectivity index (χ0v) is 19.2. The zero-order chi connectivity index (χ0) is 24.0. The van der Waals surface area contributed by atoms with Gasteiger partial charge in [-0.25, -0.2) is 8.78 Å². The molecule has 5 rings (SSSR count). The molecular formula is C23H16ClF2N5O2S. The van der Waals surface area contributed by atoms with Gasteiger partial charge in [0.2, 0.25) is 0 Å². The summed E-state index contributed by atoms with van der Waals surface area (Å²) in [6, 6.07) is 7.60. The van der Waals surface area contributed by atoms with E-state index in [1.807, 2.05) is 23.9 Å². The average molecular weight is 500 g/mol. The van der Waals surface area contributed by atoms with Crippen molar-refractivity contribution in [2.24, 2.45) is 7.05 Å². The summed E-state index contributed by atoms with van der Waals surface area (Å²) in [5.41, 5.74) is 0.883. The van der Waals surface area contributed by atoms with Crippen LogP contribution in [0.4, 0.5) is 8.78 Å². The molecule has 2 N–H and O–H groups in total. The van der Waals surface area contributed by atoms with Gasteiger partial charge in [-0.1, -0.05) is 28.7 Å². The predicted octanol–water partition coefficient (Wildman–Crippen LogP) is 3.08. The molecule has 7 nitrogen and oxygen atoms in total. The number of hydrogen-bond donors (Lipinski definition) is 2. The maximum Gasteiger partial charge on any atom is 0.271 e. The molecule has 3 aromatic heterocycles. The fourth-order valence-electron chi connectivity index (χ4n) is 3.77. The maximum atomic E-state index is 14.4. The minimum absolute atomic E-state index is 0.187. The lowest BCUT2D eigenvalue weighted by Gasteiger charge is -2.11. The lowest BCUT2D eigenvalue weighted by Crippen LogP contribution is -2.22. The Morgan fingerprint density at radius 1 is 1.26 bits per heavy atom. The normalized spacial score (nSPS) is 13.1. The first kappa shape index (κ1) is 22.1. The highest BCUT2D eigenvalue weighted by Crippen LogP contribution is 2.32. The first-order valence-electron chi connectivity index (χ1n) is 9.98. The third-order valence-electron chi connectivity index (χ3n) is 5.41. The smallest absolute Gasteiger partial charge is 0.271 e. The largest absolute Gasteiger partial charge is 0.488 e. The van der Waals surface area contributed by atoms with Crippen LogP contribution < -0.4 is 20.9 Å². The standard InChI is InChI=1S/C23H16ClF2N5O2S/c1-11-22(34-30-27-11)21-13(23(32)29-28-21)8-12-9-31(2)17-4-3-5-18(19(12)17)33-10-14-16(25)7-6-15(24)20(14)26/h3-9,28H,1,10H2,2H3,(H,29,32)/b13-8-,22-21-. The zero-order valence-electron chi connectivity index (χ0n) is 17.7. The van der Waals surface area contributed by atoms with Crippen LogP contribution in [-0.4, -0.2) is 24.4 Å². The van der Waals surface area contributed by atoms with E-state index in [0.29, 0.717) is 37.1 Å². The van der Waals surface area contributed by atoms with Gasteiger partial charge in [-0.3, -0.25) is 15.0 Å².